The molecule has 2 fully saturated rings. The molecule has 0 aromatic carbocycles. The van der Waals surface area contributed by atoms with Gasteiger partial charge in [-0.25, -0.2) is 4.79 Å². The fraction of sp³-hybridized carbons (Fsp3) is 0.750. The van der Waals surface area contributed by atoms with Gasteiger partial charge < -0.3 is 20.6 Å². The van der Waals surface area contributed by atoms with Gasteiger partial charge in [-0.05, 0) is 12.3 Å². The highest BCUT2D eigenvalue weighted by atomic mass is 16.4. The first-order valence-electron chi connectivity index (χ1n) is 6.52. The van der Waals surface area contributed by atoms with Crippen molar-refractivity contribution in [3.63, 3.8) is 0 Å². The lowest BCUT2D eigenvalue weighted by molar-refractivity contribution is -0.142. The highest BCUT2D eigenvalue weighted by Crippen LogP contribution is 2.23. The van der Waals surface area contributed by atoms with Crippen LogP contribution < -0.4 is 10.6 Å². The molecule has 2 heterocycles. The molecule has 3 N–H and O–H groups in total. The Balaban J connectivity index is 1.84. The lowest BCUT2D eigenvalue weighted by Gasteiger charge is -2.26. The van der Waals surface area contributed by atoms with Crippen LogP contribution in [0.1, 0.15) is 19.8 Å². The van der Waals surface area contributed by atoms with Crippen LogP contribution in [-0.4, -0.2) is 53.6 Å². The van der Waals surface area contributed by atoms with Crippen molar-refractivity contribution in [1.29, 1.82) is 0 Å². The Bertz CT molecular complexity index is 388. The zero-order valence-corrected chi connectivity index (χ0v) is 10.9. The van der Waals surface area contributed by atoms with Crippen LogP contribution in [0.15, 0.2) is 0 Å². The number of nitrogens with zero attached hydrogens (tertiary/aromatic N) is 1. The molecule has 0 saturated carbocycles. The Morgan fingerprint density at radius 3 is 2.68 bits per heavy atom. The van der Waals surface area contributed by atoms with Crippen molar-refractivity contribution in [2.45, 2.75) is 25.8 Å². The lowest BCUT2D eigenvalue weighted by atomic mass is 9.99. The summed E-state index contributed by atoms with van der Waals surface area (Å²) in [5.74, 6) is -1.37. The van der Waals surface area contributed by atoms with Gasteiger partial charge in [0.15, 0.2) is 0 Å². The van der Waals surface area contributed by atoms with Crippen LogP contribution >= 0.6 is 0 Å². The van der Waals surface area contributed by atoms with E-state index in [-0.39, 0.29) is 30.4 Å². The summed E-state index contributed by atoms with van der Waals surface area (Å²) in [5.41, 5.74) is 0. The number of nitrogens with one attached hydrogen (secondary N) is 2. The van der Waals surface area contributed by atoms with E-state index in [2.05, 4.69) is 10.6 Å². The van der Waals surface area contributed by atoms with E-state index in [1.54, 1.807) is 4.90 Å². The molecule has 2 aliphatic heterocycles. The number of hydrogen-bond acceptors (Lipinski definition) is 3. The summed E-state index contributed by atoms with van der Waals surface area (Å²) < 4.78 is 0. The van der Waals surface area contributed by atoms with Gasteiger partial charge in [-0.15, -0.1) is 0 Å². The van der Waals surface area contributed by atoms with Crippen LogP contribution in [0, 0.1) is 11.8 Å². The van der Waals surface area contributed by atoms with E-state index in [4.69, 9.17) is 5.11 Å². The Kier molecular flexibility index (Phi) is 3.92. The largest absolute Gasteiger partial charge is 0.481 e. The minimum atomic E-state index is -0.854. The Hall–Kier alpha value is -1.79. The van der Waals surface area contributed by atoms with Crippen LogP contribution in [-0.2, 0) is 9.59 Å². The van der Waals surface area contributed by atoms with Gasteiger partial charge in [-0.2, -0.15) is 0 Å². The highest BCUT2D eigenvalue weighted by Gasteiger charge is 2.37. The minimum Gasteiger partial charge on any atom is -0.481 e. The fourth-order valence-electron chi connectivity index (χ4n) is 2.58. The first-order valence-corrected chi connectivity index (χ1v) is 6.52. The molecule has 3 amide bonds. The van der Waals surface area contributed by atoms with E-state index in [0.29, 0.717) is 25.9 Å². The number of carboxylic acids is 1. The van der Waals surface area contributed by atoms with Gasteiger partial charge in [0.05, 0.1) is 5.92 Å². The summed E-state index contributed by atoms with van der Waals surface area (Å²) in [4.78, 5) is 35.6. The summed E-state index contributed by atoms with van der Waals surface area (Å²) in [5, 5.41) is 14.6. The van der Waals surface area contributed by atoms with Crippen molar-refractivity contribution < 1.29 is 19.5 Å². The third kappa shape index (κ3) is 3.15. The van der Waals surface area contributed by atoms with E-state index in [1.165, 1.54) is 0 Å². The van der Waals surface area contributed by atoms with E-state index in [0.717, 1.165) is 0 Å². The average Bonchev–Trinajstić information content (AvgIpc) is 2.74. The number of likely N-dealkylation sites (tertiary alicyclic amines) is 1. The third-order valence-electron chi connectivity index (χ3n) is 3.81. The molecule has 19 heavy (non-hydrogen) atoms. The molecule has 1 unspecified atom stereocenters. The molecule has 106 valence electrons. The van der Waals surface area contributed by atoms with Gasteiger partial charge in [-0.3, -0.25) is 9.59 Å². The van der Waals surface area contributed by atoms with Crippen molar-refractivity contribution in [3.05, 3.63) is 0 Å². The quantitative estimate of drug-likeness (QED) is 0.636. The third-order valence-corrected chi connectivity index (χ3v) is 3.81. The highest BCUT2D eigenvalue weighted by molar-refractivity contribution is 5.79. The number of carbonyl (C=O) groups is 3. The summed E-state index contributed by atoms with van der Waals surface area (Å²) in [6, 6.07) is -0.305. The molecular weight excluding hydrogens is 250 g/mol. The van der Waals surface area contributed by atoms with E-state index >= 15 is 0 Å². The molecule has 7 nitrogen and oxygen atoms in total. The van der Waals surface area contributed by atoms with E-state index < -0.39 is 11.9 Å². The smallest absolute Gasteiger partial charge is 0.317 e. The number of carboxylic acid groups (broad SMARTS) is 1. The van der Waals surface area contributed by atoms with Gasteiger partial charge in [0.2, 0.25) is 5.91 Å². The van der Waals surface area contributed by atoms with E-state index in [9.17, 15) is 14.4 Å². The topological polar surface area (TPSA) is 98.7 Å². The Morgan fingerprint density at radius 1 is 1.42 bits per heavy atom. The van der Waals surface area contributed by atoms with Gasteiger partial charge in [0.1, 0.15) is 0 Å². The van der Waals surface area contributed by atoms with Gasteiger partial charge in [0, 0.05) is 32.1 Å². The van der Waals surface area contributed by atoms with Gasteiger partial charge >= 0.3 is 12.0 Å². The van der Waals surface area contributed by atoms with Crippen LogP contribution in [0.4, 0.5) is 4.79 Å². The average molecular weight is 269 g/mol. The normalized spacial score (nSPS) is 30.9. The number of hydrogen-bond donors (Lipinski definition) is 3. The first kappa shape index (κ1) is 13.6. The molecule has 7 heteroatoms. The van der Waals surface area contributed by atoms with Crippen LogP contribution in [0.5, 0.6) is 0 Å². The number of amides is 3. The molecule has 3 atom stereocenters. The first-order chi connectivity index (χ1) is 8.97. The fourth-order valence-corrected chi connectivity index (χ4v) is 2.58. The molecule has 0 aliphatic carbocycles. The van der Waals surface area contributed by atoms with Crippen molar-refractivity contribution in [2.75, 3.05) is 19.6 Å². The number of aliphatic carboxylic acids is 1. The second kappa shape index (κ2) is 5.46. The van der Waals surface area contributed by atoms with Crippen molar-refractivity contribution >= 4 is 17.9 Å². The maximum absolute atomic E-state index is 12.0. The van der Waals surface area contributed by atoms with Crippen LogP contribution in [0.3, 0.4) is 0 Å². The van der Waals surface area contributed by atoms with Crippen LogP contribution in [0.2, 0.25) is 0 Å². The lowest BCUT2D eigenvalue weighted by Crippen LogP contribution is -2.51. The predicted molar refractivity (Wildman–Crippen MR) is 66.4 cm³/mol. The summed E-state index contributed by atoms with van der Waals surface area (Å²) in [6.45, 7) is 2.99. The molecule has 2 saturated heterocycles. The Morgan fingerprint density at radius 2 is 2.16 bits per heavy atom. The maximum Gasteiger partial charge on any atom is 0.317 e. The molecular formula is C12H19N3O4. The molecule has 0 aromatic heterocycles. The molecule has 0 spiro atoms. The van der Waals surface area contributed by atoms with Crippen molar-refractivity contribution in [2.24, 2.45) is 11.8 Å². The second-order valence-electron chi connectivity index (χ2n) is 5.32. The van der Waals surface area contributed by atoms with Gasteiger partial charge in [-0.1, -0.05) is 6.92 Å². The molecule has 0 radical (unpaired) electrons. The number of piperidine rings is 1. The monoisotopic (exact) mass is 269 g/mol. The number of carbonyl (C=O) groups excluding carboxylic acids is 2. The summed E-state index contributed by atoms with van der Waals surface area (Å²) in [6.07, 6.45) is 1.04. The number of urea groups is 1. The number of rotatable bonds is 2. The summed E-state index contributed by atoms with van der Waals surface area (Å²) >= 11 is 0. The van der Waals surface area contributed by atoms with Gasteiger partial charge in [0.25, 0.3) is 0 Å². The SMILES string of the molecule is C[C@@H]1CN(C(=O)NC2CCC(=O)NC2)C[C@H]1C(=O)O. The minimum absolute atomic E-state index is 0.00577. The molecule has 2 rings (SSSR count). The standard InChI is InChI=1S/C12H19N3O4/c1-7-5-15(6-9(7)11(17)18)12(19)14-8-2-3-10(16)13-4-8/h7-9H,2-6H2,1H3,(H,13,16)(H,14,19)(H,17,18)/t7-,8?,9-/m1/s1. The van der Waals surface area contributed by atoms with Crippen molar-refractivity contribution in [1.82, 2.24) is 15.5 Å². The molecule has 0 bridgehead atoms. The zero-order chi connectivity index (χ0) is 14.0. The molecule has 2 aliphatic rings. The van der Waals surface area contributed by atoms with Crippen molar-refractivity contribution in [3.8, 4) is 0 Å². The predicted octanol–water partition coefficient (Wildman–Crippen LogP) is -0.373. The molecule has 0 aromatic rings. The maximum atomic E-state index is 12.0. The summed E-state index contributed by atoms with van der Waals surface area (Å²) in [7, 11) is 0. The van der Waals surface area contributed by atoms with Crippen LogP contribution in [0.25, 0.3) is 0 Å². The van der Waals surface area contributed by atoms with E-state index in [1.807, 2.05) is 6.92 Å². The second-order valence-corrected chi connectivity index (χ2v) is 5.32. The Labute approximate surface area is 111 Å². The zero-order valence-electron chi connectivity index (χ0n) is 10.9.